The normalized spacial score (nSPS) is 25.4. The molecule has 2 aromatic rings. The van der Waals surface area contributed by atoms with Crippen LogP contribution in [0.25, 0.3) is 0 Å². The zero-order valence-electron chi connectivity index (χ0n) is 23.3. The molecule has 2 atom stereocenters. The van der Waals surface area contributed by atoms with Gasteiger partial charge in [0.2, 0.25) is 0 Å². The third-order valence-electron chi connectivity index (χ3n) is 9.24. The van der Waals surface area contributed by atoms with Crippen LogP contribution in [0.2, 0.25) is 0 Å². The van der Waals surface area contributed by atoms with E-state index in [1.807, 2.05) is 11.8 Å². The van der Waals surface area contributed by atoms with Crippen molar-refractivity contribution in [2.24, 2.45) is 0 Å². The lowest BCUT2D eigenvalue weighted by Crippen LogP contribution is -2.48. The number of aromatic nitrogens is 2. The number of halogens is 3. The number of amides is 2. The van der Waals surface area contributed by atoms with E-state index in [1.165, 1.54) is 12.3 Å². The van der Waals surface area contributed by atoms with Crippen molar-refractivity contribution in [3.05, 3.63) is 76.5 Å². The number of rotatable bonds is 5. The second-order valence-electron chi connectivity index (χ2n) is 11.5. The Kier molecular flexibility index (Phi) is 6.89. The Labute approximate surface area is 240 Å². The number of hydrogen-bond acceptors (Lipinski definition) is 5. The molecule has 2 aliphatic heterocycles. The summed E-state index contributed by atoms with van der Waals surface area (Å²) in [4.78, 5) is 47.0. The monoisotopic (exact) mass is 583 g/mol. The molecule has 4 aliphatic rings. The van der Waals surface area contributed by atoms with Crippen LogP contribution in [0.1, 0.15) is 71.1 Å². The van der Waals surface area contributed by atoms with Crippen LogP contribution in [0.5, 0.6) is 0 Å². The van der Waals surface area contributed by atoms with Crippen LogP contribution in [0.15, 0.2) is 48.3 Å². The molecule has 222 valence electrons. The summed E-state index contributed by atoms with van der Waals surface area (Å²) in [5.74, 6) is -1.15. The van der Waals surface area contributed by atoms with Crippen molar-refractivity contribution in [1.29, 1.82) is 0 Å². The van der Waals surface area contributed by atoms with Gasteiger partial charge in [0.15, 0.2) is 6.04 Å². The fourth-order valence-electron chi connectivity index (χ4n) is 7.07. The first kappa shape index (κ1) is 28.0. The van der Waals surface area contributed by atoms with Crippen LogP contribution in [0.4, 0.5) is 18.0 Å². The molecule has 3 heterocycles. The minimum absolute atomic E-state index is 0.0271. The predicted molar refractivity (Wildman–Crippen MR) is 145 cm³/mol. The maximum atomic E-state index is 14.1. The van der Waals surface area contributed by atoms with Crippen molar-refractivity contribution in [3.63, 3.8) is 0 Å². The van der Waals surface area contributed by atoms with Crippen LogP contribution < -0.4 is 0 Å². The smallest absolute Gasteiger partial charge is 0.413 e. The molecule has 6 rings (SSSR count). The zero-order chi connectivity index (χ0) is 29.9. The van der Waals surface area contributed by atoms with E-state index in [-0.39, 0.29) is 24.0 Å². The molecule has 0 bridgehead atoms. The van der Waals surface area contributed by atoms with Crippen LogP contribution >= 0.6 is 0 Å². The standard InChI is InChI=1S/C30H32F3N5O4/c1-17-34-15-22-16-37(29(42)38(17)22)21-10-8-20(9-11-21)35(2)27(39)19-6-5-18-7-12-25(24(18)14-19)36-13-3-4-23(28(40)41)26(36)30(31,32)33/h3-6,13-15,20-21,25-26H,7-12,16H2,1-2H3,(H,40,41). The molecule has 12 heteroatoms. The third kappa shape index (κ3) is 4.66. The highest BCUT2D eigenvalue weighted by Gasteiger charge is 2.50. The second kappa shape index (κ2) is 10.3. The first-order valence-corrected chi connectivity index (χ1v) is 14.2. The zero-order valence-corrected chi connectivity index (χ0v) is 23.3. The van der Waals surface area contributed by atoms with Gasteiger partial charge in [-0.05, 0) is 80.9 Å². The van der Waals surface area contributed by atoms with Gasteiger partial charge in [-0.3, -0.25) is 9.36 Å². The lowest BCUT2D eigenvalue weighted by Gasteiger charge is -2.39. The van der Waals surface area contributed by atoms with Gasteiger partial charge in [-0.25, -0.2) is 14.6 Å². The number of imidazole rings is 1. The summed E-state index contributed by atoms with van der Waals surface area (Å²) in [5.41, 5.74) is 2.02. The molecule has 2 aliphatic carbocycles. The molecule has 0 saturated heterocycles. The molecule has 9 nitrogen and oxygen atoms in total. The Morgan fingerprint density at radius 2 is 1.86 bits per heavy atom. The Morgan fingerprint density at radius 1 is 1.12 bits per heavy atom. The molecule has 1 aromatic carbocycles. The quantitative estimate of drug-likeness (QED) is 0.542. The van der Waals surface area contributed by atoms with Gasteiger partial charge in [0.25, 0.3) is 5.91 Å². The van der Waals surface area contributed by atoms with Crippen LogP contribution in [0, 0.1) is 6.92 Å². The Bertz CT molecular complexity index is 1500. The van der Waals surface area contributed by atoms with Crippen molar-refractivity contribution < 1.29 is 32.7 Å². The molecule has 1 saturated carbocycles. The summed E-state index contributed by atoms with van der Waals surface area (Å²) in [6.07, 6.45) is 4.45. The van der Waals surface area contributed by atoms with Crippen molar-refractivity contribution >= 4 is 17.9 Å². The number of hydrogen-bond donors (Lipinski definition) is 1. The molecule has 2 unspecified atom stereocenters. The van der Waals surface area contributed by atoms with E-state index >= 15 is 0 Å². The van der Waals surface area contributed by atoms with Crippen LogP contribution in [0.3, 0.4) is 0 Å². The molecule has 42 heavy (non-hydrogen) atoms. The van der Waals surface area contributed by atoms with Gasteiger partial charge >= 0.3 is 18.2 Å². The molecule has 1 fully saturated rings. The van der Waals surface area contributed by atoms with E-state index in [2.05, 4.69) is 4.98 Å². The average molecular weight is 584 g/mol. The number of aryl methyl sites for hydroxylation is 2. The number of carbonyl (C=O) groups excluding carboxylic acids is 2. The van der Waals surface area contributed by atoms with E-state index in [0.717, 1.165) is 47.9 Å². The molecule has 1 aromatic heterocycles. The highest BCUT2D eigenvalue weighted by atomic mass is 19.4. The largest absolute Gasteiger partial charge is 0.478 e. The van der Waals surface area contributed by atoms with Gasteiger partial charge in [-0.1, -0.05) is 6.07 Å². The van der Waals surface area contributed by atoms with Gasteiger partial charge in [-0.15, -0.1) is 0 Å². The lowest BCUT2D eigenvalue weighted by atomic mass is 9.89. The minimum Gasteiger partial charge on any atom is -0.478 e. The highest BCUT2D eigenvalue weighted by molar-refractivity contribution is 5.94. The van der Waals surface area contributed by atoms with Crippen molar-refractivity contribution in [1.82, 2.24) is 24.3 Å². The number of benzene rings is 1. The van der Waals surface area contributed by atoms with Crippen molar-refractivity contribution in [2.75, 3.05) is 7.05 Å². The fourth-order valence-corrected chi connectivity index (χ4v) is 7.07. The molecule has 2 amide bonds. The van der Waals surface area contributed by atoms with E-state index in [1.54, 1.807) is 40.9 Å². The molecule has 1 N–H and O–H groups in total. The summed E-state index contributed by atoms with van der Waals surface area (Å²) >= 11 is 0. The average Bonchev–Trinajstić information content (AvgIpc) is 3.65. The Balaban J connectivity index is 1.15. The Morgan fingerprint density at radius 3 is 2.52 bits per heavy atom. The van der Waals surface area contributed by atoms with Crippen molar-refractivity contribution in [2.45, 2.75) is 82.3 Å². The van der Waals surface area contributed by atoms with Crippen molar-refractivity contribution in [3.8, 4) is 0 Å². The first-order valence-electron chi connectivity index (χ1n) is 14.2. The van der Waals surface area contributed by atoms with Gasteiger partial charge in [-0.2, -0.15) is 13.2 Å². The topological polar surface area (TPSA) is 99.0 Å². The molecule has 0 radical (unpaired) electrons. The number of allylic oxidation sites excluding steroid dienone is 2. The first-order chi connectivity index (χ1) is 20.0. The minimum atomic E-state index is -4.79. The van der Waals surface area contributed by atoms with Gasteiger partial charge in [0.1, 0.15) is 5.82 Å². The molecular weight excluding hydrogens is 551 g/mol. The Hall–Kier alpha value is -4.09. The van der Waals surface area contributed by atoms with Crippen LogP contribution in [-0.4, -0.2) is 78.6 Å². The lowest BCUT2D eigenvalue weighted by molar-refractivity contribution is -0.176. The SMILES string of the molecule is Cc1ncc2n1C(=O)N(C1CCC(N(C)C(=O)c3ccc4c(c3)C(N3C=CC=C(C(=O)O)C3C(F)(F)F)CC4)CC1)C2. The number of nitrogens with zero attached hydrogens (tertiary/aromatic N) is 5. The van der Waals surface area contributed by atoms with Gasteiger partial charge in [0, 0.05) is 30.9 Å². The number of carboxylic acids is 1. The summed E-state index contributed by atoms with van der Waals surface area (Å²) in [6.45, 7) is 2.34. The summed E-state index contributed by atoms with van der Waals surface area (Å²) in [6, 6.07) is 2.20. The van der Waals surface area contributed by atoms with Gasteiger partial charge < -0.3 is 19.8 Å². The summed E-state index contributed by atoms with van der Waals surface area (Å²) in [5, 5.41) is 9.46. The number of aliphatic carboxylic acids is 1. The number of fused-ring (bicyclic) bond motifs is 2. The van der Waals surface area contributed by atoms with E-state index < -0.39 is 29.8 Å². The predicted octanol–water partition coefficient (Wildman–Crippen LogP) is 4.82. The highest BCUT2D eigenvalue weighted by Crippen LogP contribution is 2.44. The number of carboxylic acid groups (broad SMARTS) is 1. The maximum Gasteiger partial charge on any atom is 0.413 e. The van der Waals surface area contributed by atoms with Crippen LogP contribution in [-0.2, 0) is 17.8 Å². The fraction of sp³-hybridized carbons (Fsp3) is 0.467. The summed E-state index contributed by atoms with van der Waals surface area (Å²) < 4.78 is 44.0. The van der Waals surface area contributed by atoms with E-state index in [9.17, 15) is 32.7 Å². The number of carbonyl (C=O) groups is 3. The summed E-state index contributed by atoms with van der Waals surface area (Å²) in [7, 11) is 1.75. The van der Waals surface area contributed by atoms with E-state index in [4.69, 9.17) is 0 Å². The molecule has 0 spiro atoms. The third-order valence-corrected chi connectivity index (χ3v) is 9.24. The molecular formula is C30H32F3N5O4. The second-order valence-corrected chi connectivity index (χ2v) is 11.5. The van der Waals surface area contributed by atoms with Gasteiger partial charge in [0.05, 0.1) is 30.1 Å². The number of alkyl halides is 3. The maximum absolute atomic E-state index is 14.1. The van der Waals surface area contributed by atoms with E-state index in [0.29, 0.717) is 36.3 Å².